The van der Waals surface area contributed by atoms with Gasteiger partial charge in [0.15, 0.2) is 12.4 Å². The molecule has 4 nitrogen and oxygen atoms in total. The maximum Gasteiger partial charge on any atom is 0.310 e. The first-order valence-corrected chi connectivity index (χ1v) is 7.38. The van der Waals surface area contributed by atoms with Gasteiger partial charge in [0.2, 0.25) is 0 Å². The van der Waals surface area contributed by atoms with Gasteiger partial charge in [-0.1, -0.05) is 23.2 Å². The maximum absolute atomic E-state index is 12.8. The van der Waals surface area contributed by atoms with E-state index in [1.165, 1.54) is 12.1 Å². The average Bonchev–Trinajstić information content (AvgIpc) is 2.49. The molecule has 0 saturated carbocycles. The Kier molecular flexibility index (Phi) is 5.69. The van der Waals surface area contributed by atoms with Crippen LogP contribution in [-0.2, 0) is 16.0 Å². The molecule has 120 valence electrons. The average molecular weight is 356 g/mol. The predicted molar refractivity (Wildman–Crippen MR) is 84.4 cm³/mol. The van der Waals surface area contributed by atoms with Gasteiger partial charge in [-0.05, 0) is 37.3 Å². The Bertz CT molecular complexity index is 724. The van der Waals surface area contributed by atoms with Crippen LogP contribution >= 0.6 is 23.2 Å². The van der Waals surface area contributed by atoms with Crippen LogP contribution in [0.1, 0.15) is 21.6 Å². The highest BCUT2D eigenvalue weighted by Crippen LogP contribution is 2.24. The van der Waals surface area contributed by atoms with Crippen molar-refractivity contribution in [3.8, 4) is 0 Å². The standard InChI is InChI=1S/C16H12Cl2FNO3/c1-9-6-13(17)12(16(18)20-9)7-15(22)23-8-14(21)10-2-4-11(19)5-3-10/h2-6H,7-8H2,1H3. The molecule has 23 heavy (non-hydrogen) atoms. The van der Waals surface area contributed by atoms with Crippen molar-refractivity contribution in [2.45, 2.75) is 13.3 Å². The van der Waals surface area contributed by atoms with E-state index >= 15 is 0 Å². The monoisotopic (exact) mass is 355 g/mol. The summed E-state index contributed by atoms with van der Waals surface area (Å²) in [7, 11) is 0. The number of nitrogens with zero attached hydrogens (tertiary/aromatic N) is 1. The van der Waals surface area contributed by atoms with Crippen molar-refractivity contribution in [3.05, 3.63) is 63.1 Å². The number of carbonyl (C=O) groups is 2. The number of ketones is 1. The van der Waals surface area contributed by atoms with E-state index in [2.05, 4.69) is 4.98 Å². The lowest BCUT2D eigenvalue weighted by molar-refractivity contribution is -0.141. The summed E-state index contributed by atoms with van der Waals surface area (Å²) in [6.45, 7) is 1.28. The van der Waals surface area contributed by atoms with Crippen LogP contribution in [-0.4, -0.2) is 23.3 Å². The Balaban J connectivity index is 1.95. The van der Waals surface area contributed by atoms with E-state index < -0.39 is 24.2 Å². The Labute approximate surface area is 142 Å². The minimum Gasteiger partial charge on any atom is -0.457 e. The van der Waals surface area contributed by atoms with Crippen molar-refractivity contribution < 1.29 is 18.7 Å². The third-order valence-corrected chi connectivity index (χ3v) is 3.65. The summed E-state index contributed by atoms with van der Waals surface area (Å²) < 4.78 is 17.7. The quantitative estimate of drug-likeness (QED) is 0.465. The van der Waals surface area contributed by atoms with Crippen LogP contribution < -0.4 is 0 Å². The highest BCUT2D eigenvalue weighted by molar-refractivity contribution is 6.35. The second-order valence-corrected chi connectivity index (χ2v) is 5.55. The minimum absolute atomic E-state index is 0.122. The normalized spacial score (nSPS) is 10.4. The third kappa shape index (κ3) is 4.74. The largest absolute Gasteiger partial charge is 0.457 e. The Morgan fingerprint density at radius 3 is 2.48 bits per heavy atom. The lowest BCUT2D eigenvalue weighted by atomic mass is 10.1. The summed E-state index contributed by atoms with van der Waals surface area (Å²) in [5.41, 5.74) is 1.23. The van der Waals surface area contributed by atoms with E-state index in [9.17, 15) is 14.0 Å². The summed E-state index contributed by atoms with van der Waals surface area (Å²) in [6.07, 6.45) is -0.193. The number of pyridine rings is 1. The molecule has 1 heterocycles. The number of aryl methyl sites for hydroxylation is 1. The number of carbonyl (C=O) groups excluding carboxylic acids is 2. The molecule has 0 radical (unpaired) electrons. The summed E-state index contributed by atoms with van der Waals surface area (Å²) in [5.74, 6) is -1.54. The van der Waals surface area contributed by atoms with Gasteiger partial charge in [0.1, 0.15) is 11.0 Å². The highest BCUT2D eigenvalue weighted by atomic mass is 35.5. The summed E-state index contributed by atoms with van der Waals surface area (Å²) in [6, 6.07) is 6.55. The molecule has 7 heteroatoms. The first-order chi connectivity index (χ1) is 10.9. The fraction of sp³-hybridized carbons (Fsp3) is 0.188. The minimum atomic E-state index is -0.657. The molecule has 0 aliphatic rings. The molecule has 0 unspecified atom stereocenters. The van der Waals surface area contributed by atoms with Crippen molar-refractivity contribution in [2.75, 3.05) is 6.61 Å². The third-order valence-electron chi connectivity index (χ3n) is 3.00. The van der Waals surface area contributed by atoms with Crippen molar-refractivity contribution in [2.24, 2.45) is 0 Å². The number of halogens is 3. The molecule has 2 aromatic rings. The molecule has 0 amide bonds. The molecule has 1 aromatic carbocycles. The molecule has 0 fully saturated rings. The Hall–Kier alpha value is -1.98. The molecular weight excluding hydrogens is 344 g/mol. The number of benzene rings is 1. The molecule has 2 rings (SSSR count). The van der Waals surface area contributed by atoms with Crippen LogP contribution in [0.2, 0.25) is 10.2 Å². The number of esters is 1. The van der Waals surface area contributed by atoms with Crippen LogP contribution in [0.5, 0.6) is 0 Å². The topological polar surface area (TPSA) is 56.3 Å². The first kappa shape index (κ1) is 17.4. The van der Waals surface area contributed by atoms with Gasteiger partial charge in [-0.15, -0.1) is 0 Å². The number of hydrogen-bond acceptors (Lipinski definition) is 4. The predicted octanol–water partition coefficient (Wildman–Crippen LogP) is 3.80. The molecule has 0 spiro atoms. The van der Waals surface area contributed by atoms with Crippen LogP contribution in [0.25, 0.3) is 0 Å². The lowest BCUT2D eigenvalue weighted by Gasteiger charge is -2.08. The molecule has 0 saturated heterocycles. The molecule has 0 aliphatic heterocycles. The van der Waals surface area contributed by atoms with Gasteiger partial charge >= 0.3 is 5.97 Å². The number of ether oxygens (including phenoxy) is 1. The fourth-order valence-electron chi connectivity index (χ4n) is 1.84. The maximum atomic E-state index is 12.8. The second-order valence-electron chi connectivity index (χ2n) is 4.78. The van der Waals surface area contributed by atoms with Crippen LogP contribution in [0.15, 0.2) is 30.3 Å². The zero-order valence-electron chi connectivity index (χ0n) is 12.1. The summed E-state index contributed by atoms with van der Waals surface area (Å²) in [4.78, 5) is 27.6. The van der Waals surface area contributed by atoms with Crippen LogP contribution in [0.3, 0.4) is 0 Å². The fourth-order valence-corrected chi connectivity index (χ4v) is 2.51. The first-order valence-electron chi connectivity index (χ1n) is 6.62. The Morgan fingerprint density at radius 1 is 1.22 bits per heavy atom. The molecule has 0 bridgehead atoms. The zero-order valence-corrected chi connectivity index (χ0v) is 13.6. The zero-order chi connectivity index (χ0) is 17.0. The number of Topliss-reactive ketones (excluding diaryl/α,β-unsaturated/α-hetero) is 1. The van der Waals surface area contributed by atoms with E-state index in [1.807, 2.05) is 0 Å². The summed E-state index contributed by atoms with van der Waals surface area (Å²) >= 11 is 12.0. The number of hydrogen-bond donors (Lipinski definition) is 0. The van der Waals surface area contributed by atoms with Gasteiger partial charge in [-0.2, -0.15) is 0 Å². The van der Waals surface area contributed by atoms with Gasteiger partial charge in [0.05, 0.1) is 6.42 Å². The van der Waals surface area contributed by atoms with E-state index in [4.69, 9.17) is 27.9 Å². The molecule has 1 aromatic heterocycles. The van der Waals surface area contributed by atoms with Crippen LogP contribution in [0.4, 0.5) is 4.39 Å². The Morgan fingerprint density at radius 2 is 1.87 bits per heavy atom. The van der Waals surface area contributed by atoms with E-state index in [-0.39, 0.29) is 17.1 Å². The lowest BCUT2D eigenvalue weighted by Crippen LogP contribution is -2.16. The van der Waals surface area contributed by atoms with Crippen molar-refractivity contribution in [1.29, 1.82) is 0 Å². The smallest absolute Gasteiger partial charge is 0.310 e. The van der Waals surface area contributed by atoms with Crippen LogP contribution in [0, 0.1) is 12.7 Å². The van der Waals surface area contributed by atoms with Crippen molar-refractivity contribution in [1.82, 2.24) is 4.98 Å². The van der Waals surface area contributed by atoms with E-state index in [0.717, 1.165) is 12.1 Å². The summed E-state index contributed by atoms with van der Waals surface area (Å²) in [5, 5.41) is 0.432. The molecule has 0 aliphatic carbocycles. The second kappa shape index (κ2) is 7.53. The molecule has 0 N–H and O–H groups in total. The van der Waals surface area contributed by atoms with Gasteiger partial charge in [0.25, 0.3) is 0 Å². The van der Waals surface area contributed by atoms with E-state index in [1.54, 1.807) is 13.0 Å². The molecule has 0 atom stereocenters. The van der Waals surface area contributed by atoms with Gasteiger partial charge < -0.3 is 4.74 Å². The van der Waals surface area contributed by atoms with Gasteiger partial charge in [-0.25, -0.2) is 9.37 Å². The number of rotatable bonds is 5. The number of aromatic nitrogens is 1. The SMILES string of the molecule is Cc1cc(Cl)c(CC(=O)OCC(=O)c2ccc(F)cc2)c(Cl)n1. The van der Waals surface area contributed by atoms with Crippen molar-refractivity contribution >= 4 is 35.0 Å². The molecular formula is C16H12Cl2FNO3. The van der Waals surface area contributed by atoms with Crippen molar-refractivity contribution in [3.63, 3.8) is 0 Å². The van der Waals surface area contributed by atoms with Gasteiger partial charge in [-0.3, -0.25) is 9.59 Å². The van der Waals surface area contributed by atoms with E-state index in [0.29, 0.717) is 16.3 Å². The highest BCUT2D eigenvalue weighted by Gasteiger charge is 2.15. The van der Waals surface area contributed by atoms with Gasteiger partial charge in [0, 0.05) is 21.8 Å².